The second kappa shape index (κ2) is 5.57. The molecule has 20 heavy (non-hydrogen) atoms. The van der Waals surface area contributed by atoms with Gasteiger partial charge >= 0.3 is 0 Å². The van der Waals surface area contributed by atoms with E-state index in [1.165, 1.54) is 32.1 Å². The molecule has 3 rings (SSSR count). The van der Waals surface area contributed by atoms with Crippen LogP contribution in [0.4, 0.5) is 0 Å². The third kappa shape index (κ3) is 2.23. The fourth-order valence-electron chi connectivity index (χ4n) is 3.75. The van der Waals surface area contributed by atoms with Gasteiger partial charge in [0.1, 0.15) is 6.10 Å². The quantitative estimate of drug-likeness (QED) is 0.908. The van der Waals surface area contributed by atoms with Gasteiger partial charge in [0, 0.05) is 17.9 Å². The molecule has 1 aromatic carbocycles. The van der Waals surface area contributed by atoms with Gasteiger partial charge in [0.05, 0.1) is 11.6 Å². The monoisotopic (exact) mass is 339 g/mol. The standard InChI is InChI=1S/C16H22BrNO2/c1-19-12-7-5-6-11(17)15(12)20-14-10-13(18)16(14)8-3-2-4-9-16/h5-7,13-14H,2-4,8-10,18H2,1H3. The van der Waals surface area contributed by atoms with Crippen molar-refractivity contribution in [3.8, 4) is 11.5 Å². The zero-order chi connectivity index (χ0) is 14.2. The minimum absolute atomic E-state index is 0.193. The second-order valence-electron chi connectivity index (χ2n) is 6.01. The van der Waals surface area contributed by atoms with Crippen molar-refractivity contribution < 1.29 is 9.47 Å². The molecule has 2 aliphatic carbocycles. The van der Waals surface area contributed by atoms with Gasteiger partial charge in [-0.25, -0.2) is 0 Å². The van der Waals surface area contributed by atoms with Crippen molar-refractivity contribution in [2.24, 2.45) is 11.1 Å². The minimum atomic E-state index is 0.193. The van der Waals surface area contributed by atoms with Gasteiger partial charge in [-0.3, -0.25) is 0 Å². The maximum atomic E-state index is 6.32. The van der Waals surface area contributed by atoms with Gasteiger partial charge < -0.3 is 15.2 Å². The van der Waals surface area contributed by atoms with Crippen LogP contribution in [-0.4, -0.2) is 19.3 Å². The van der Waals surface area contributed by atoms with Crippen LogP contribution in [0, 0.1) is 5.41 Å². The zero-order valence-corrected chi connectivity index (χ0v) is 13.5. The zero-order valence-electron chi connectivity index (χ0n) is 11.9. The Morgan fingerprint density at radius 1 is 1.25 bits per heavy atom. The van der Waals surface area contributed by atoms with E-state index in [1.807, 2.05) is 18.2 Å². The van der Waals surface area contributed by atoms with Crippen molar-refractivity contribution in [2.75, 3.05) is 7.11 Å². The van der Waals surface area contributed by atoms with E-state index >= 15 is 0 Å². The van der Waals surface area contributed by atoms with Gasteiger partial charge in [-0.2, -0.15) is 0 Å². The SMILES string of the molecule is COc1cccc(Br)c1OC1CC(N)C12CCCCC2. The first kappa shape index (κ1) is 14.2. The van der Waals surface area contributed by atoms with Gasteiger partial charge in [0.25, 0.3) is 0 Å². The van der Waals surface area contributed by atoms with Gasteiger partial charge in [-0.1, -0.05) is 25.3 Å². The van der Waals surface area contributed by atoms with Crippen LogP contribution in [0.15, 0.2) is 22.7 Å². The number of hydrogen-bond donors (Lipinski definition) is 1. The molecule has 1 aromatic rings. The molecule has 0 aromatic heterocycles. The van der Waals surface area contributed by atoms with Crippen LogP contribution in [0.5, 0.6) is 11.5 Å². The Kier molecular flexibility index (Phi) is 3.95. The van der Waals surface area contributed by atoms with Crippen LogP contribution in [-0.2, 0) is 0 Å². The fourth-order valence-corrected chi connectivity index (χ4v) is 4.19. The van der Waals surface area contributed by atoms with Crippen molar-refractivity contribution in [3.05, 3.63) is 22.7 Å². The average molecular weight is 340 g/mol. The highest BCUT2D eigenvalue weighted by Gasteiger charge is 2.55. The highest BCUT2D eigenvalue weighted by atomic mass is 79.9. The number of methoxy groups -OCH3 is 1. The van der Waals surface area contributed by atoms with E-state index in [2.05, 4.69) is 15.9 Å². The summed E-state index contributed by atoms with van der Waals surface area (Å²) in [7, 11) is 1.68. The van der Waals surface area contributed by atoms with Crippen LogP contribution < -0.4 is 15.2 Å². The maximum Gasteiger partial charge on any atom is 0.175 e. The maximum absolute atomic E-state index is 6.32. The fraction of sp³-hybridized carbons (Fsp3) is 0.625. The Morgan fingerprint density at radius 2 is 2.00 bits per heavy atom. The molecule has 2 fully saturated rings. The number of para-hydroxylation sites is 1. The highest BCUT2D eigenvalue weighted by molar-refractivity contribution is 9.10. The van der Waals surface area contributed by atoms with Crippen LogP contribution in [0.2, 0.25) is 0 Å². The Bertz CT molecular complexity index is 485. The minimum Gasteiger partial charge on any atom is -0.493 e. The lowest BCUT2D eigenvalue weighted by atomic mass is 9.55. The van der Waals surface area contributed by atoms with Gasteiger partial charge in [0.2, 0.25) is 0 Å². The van der Waals surface area contributed by atoms with E-state index < -0.39 is 0 Å². The summed E-state index contributed by atoms with van der Waals surface area (Å²) in [5, 5.41) is 0. The highest BCUT2D eigenvalue weighted by Crippen LogP contribution is 2.53. The summed E-state index contributed by atoms with van der Waals surface area (Å²) < 4.78 is 12.7. The van der Waals surface area contributed by atoms with Crippen molar-refractivity contribution in [1.29, 1.82) is 0 Å². The molecule has 0 bridgehead atoms. The first-order valence-electron chi connectivity index (χ1n) is 7.42. The first-order chi connectivity index (χ1) is 9.67. The van der Waals surface area contributed by atoms with E-state index in [0.29, 0.717) is 6.04 Å². The molecule has 2 aliphatic rings. The molecule has 3 nitrogen and oxygen atoms in total. The number of hydrogen-bond acceptors (Lipinski definition) is 3. The molecule has 0 heterocycles. The lowest BCUT2D eigenvalue weighted by Crippen LogP contribution is -2.64. The summed E-state index contributed by atoms with van der Waals surface area (Å²) in [6.07, 6.45) is 7.47. The summed E-state index contributed by atoms with van der Waals surface area (Å²) in [4.78, 5) is 0. The average Bonchev–Trinajstić information content (AvgIpc) is 2.49. The molecule has 2 N–H and O–H groups in total. The molecule has 0 aliphatic heterocycles. The predicted molar refractivity (Wildman–Crippen MR) is 83.2 cm³/mol. The van der Waals surface area contributed by atoms with Crippen molar-refractivity contribution in [3.63, 3.8) is 0 Å². The molecule has 4 heteroatoms. The third-order valence-corrected chi connectivity index (χ3v) is 5.67. The summed E-state index contributed by atoms with van der Waals surface area (Å²) >= 11 is 3.56. The predicted octanol–water partition coefficient (Wildman–Crippen LogP) is 3.89. The second-order valence-corrected chi connectivity index (χ2v) is 6.87. The third-order valence-electron chi connectivity index (χ3n) is 5.04. The van der Waals surface area contributed by atoms with E-state index in [0.717, 1.165) is 22.4 Å². The van der Waals surface area contributed by atoms with Gasteiger partial charge in [0.15, 0.2) is 11.5 Å². The molecule has 110 valence electrons. The normalized spacial score (nSPS) is 27.9. The smallest absolute Gasteiger partial charge is 0.175 e. The van der Waals surface area contributed by atoms with Crippen LogP contribution in [0.25, 0.3) is 0 Å². The summed E-state index contributed by atoms with van der Waals surface area (Å²) in [5.41, 5.74) is 6.51. The Morgan fingerprint density at radius 3 is 2.65 bits per heavy atom. The van der Waals surface area contributed by atoms with E-state index in [9.17, 15) is 0 Å². The van der Waals surface area contributed by atoms with E-state index in [1.54, 1.807) is 7.11 Å². The molecule has 2 atom stereocenters. The molecule has 0 amide bonds. The molecular formula is C16H22BrNO2. The van der Waals surface area contributed by atoms with Crippen LogP contribution in [0.3, 0.4) is 0 Å². The molecular weight excluding hydrogens is 318 g/mol. The number of rotatable bonds is 3. The number of nitrogens with two attached hydrogens (primary N) is 1. The van der Waals surface area contributed by atoms with Gasteiger partial charge in [-0.05, 0) is 40.9 Å². The lowest BCUT2D eigenvalue weighted by molar-refractivity contribution is -0.0908. The van der Waals surface area contributed by atoms with Gasteiger partial charge in [-0.15, -0.1) is 0 Å². The van der Waals surface area contributed by atoms with Crippen LogP contribution >= 0.6 is 15.9 Å². The Balaban J connectivity index is 1.81. The Labute approximate surface area is 129 Å². The molecule has 0 radical (unpaired) electrons. The molecule has 2 saturated carbocycles. The van der Waals surface area contributed by atoms with Crippen molar-refractivity contribution >= 4 is 15.9 Å². The van der Waals surface area contributed by atoms with Crippen LogP contribution in [0.1, 0.15) is 38.5 Å². The Hall–Kier alpha value is -0.740. The topological polar surface area (TPSA) is 44.5 Å². The lowest BCUT2D eigenvalue weighted by Gasteiger charge is -2.56. The van der Waals surface area contributed by atoms with E-state index in [4.69, 9.17) is 15.2 Å². The summed E-state index contributed by atoms with van der Waals surface area (Å²) in [6, 6.07) is 6.18. The van der Waals surface area contributed by atoms with Crippen molar-refractivity contribution in [1.82, 2.24) is 0 Å². The molecule has 2 unspecified atom stereocenters. The summed E-state index contributed by atoms with van der Waals surface area (Å²) in [6.45, 7) is 0. The molecule has 0 saturated heterocycles. The first-order valence-corrected chi connectivity index (χ1v) is 8.21. The largest absolute Gasteiger partial charge is 0.493 e. The summed E-state index contributed by atoms with van der Waals surface area (Å²) in [5.74, 6) is 1.60. The number of benzene rings is 1. The molecule has 1 spiro atoms. The number of halogens is 1. The van der Waals surface area contributed by atoms with Crippen molar-refractivity contribution in [2.45, 2.75) is 50.7 Å². The van der Waals surface area contributed by atoms with E-state index in [-0.39, 0.29) is 11.5 Å². The number of ether oxygens (including phenoxy) is 2.